The van der Waals surface area contributed by atoms with Gasteiger partial charge >= 0.3 is 5.63 Å². The monoisotopic (exact) mass is 269 g/mol. The Labute approximate surface area is 109 Å². The molecule has 1 aromatic rings. The highest BCUT2D eigenvalue weighted by atomic mass is 35.5. The van der Waals surface area contributed by atoms with Gasteiger partial charge in [0, 0.05) is 22.4 Å². The number of allylic oxidation sites excluding steroid dienone is 1. The van der Waals surface area contributed by atoms with E-state index in [2.05, 4.69) is 6.58 Å². The molecule has 0 atom stereocenters. The molecule has 1 aromatic heterocycles. The third-order valence-electron chi connectivity index (χ3n) is 2.34. The molecule has 0 unspecified atom stereocenters. The molecule has 0 aliphatic heterocycles. The predicted molar refractivity (Wildman–Crippen MR) is 70.1 cm³/mol. The summed E-state index contributed by atoms with van der Waals surface area (Å²) in [6, 6.07) is 1.28. The molecule has 0 N–H and O–H groups in total. The van der Waals surface area contributed by atoms with Crippen molar-refractivity contribution in [3.63, 3.8) is 0 Å². The minimum atomic E-state index is -0.522. The molecule has 1 heterocycles. The average molecular weight is 270 g/mol. The Hall–Kier alpha value is -1.88. The van der Waals surface area contributed by atoms with Crippen LogP contribution < -0.4 is 5.63 Å². The highest BCUT2D eigenvalue weighted by Gasteiger charge is 2.12. The first-order valence-corrected chi connectivity index (χ1v) is 5.67. The molecule has 1 rings (SSSR count). The average Bonchev–Trinajstić information content (AvgIpc) is 2.34. The Morgan fingerprint density at radius 1 is 1.67 bits per heavy atom. The maximum Gasteiger partial charge on any atom is 0.336 e. The van der Waals surface area contributed by atoms with Gasteiger partial charge in [0.25, 0.3) is 0 Å². The van der Waals surface area contributed by atoms with Crippen LogP contribution in [0.1, 0.15) is 23.8 Å². The Bertz CT molecular complexity index is 560. The zero-order valence-corrected chi connectivity index (χ0v) is 10.6. The maximum atomic E-state index is 11.3. The SMILES string of the molecule is C=Cc1oc(=O)cc(CCl)c1/C(C)=C\C[N+](=O)[O-]. The summed E-state index contributed by atoms with van der Waals surface area (Å²) >= 11 is 5.76. The largest absolute Gasteiger partial charge is 0.423 e. The van der Waals surface area contributed by atoms with E-state index < -0.39 is 10.5 Å². The van der Waals surface area contributed by atoms with Crippen LogP contribution in [0.2, 0.25) is 0 Å². The lowest BCUT2D eigenvalue weighted by Gasteiger charge is -2.09. The van der Waals surface area contributed by atoms with E-state index in [9.17, 15) is 14.9 Å². The topological polar surface area (TPSA) is 73.3 Å². The fourth-order valence-corrected chi connectivity index (χ4v) is 1.78. The van der Waals surface area contributed by atoms with Gasteiger partial charge in [-0.1, -0.05) is 6.58 Å². The number of hydrogen-bond donors (Lipinski definition) is 0. The third-order valence-corrected chi connectivity index (χ3v) is 2.63. The summed E-state index contributed by atoms with van der Waals surface area (Å²) in [4.78, 5) is 21.2. The highest BCUT2D eigenvalue weighted by molar-refractivity contribution is 6.17. The van der Waals surface area contributed by atoms with Crippen LogP contribution in [0.5, 0.6) is 0 Å². The highest BCUT2D eigenvalue weighted by Crippen LogP contribution is 2.24. The molecular formula is C12H12ClNO4. The number of nitro groups is 1. The van der Waals surface area contributed by atoms with Gasteiger partial charge in [0.1, 0.15) is 5.76 Å². The number of hydrogen-bond acceptors (Lipinski definition) is 4. The molecule has 0 radical (unpaired) electrons. The minimum absolute atomic E-state index is 0.116. The van der Waals surface area contributed by atoms with E-state index in [0.29, 0.717) is 16.7 Å². The second-order valence-corrected chi connectivity index (χ2v) is 3.84. The standard InChI is InChI=1S/C12H12ClNO4/c1-3-10-12(8(2)4-5-14(16)17)9(7-13)6-11(15)18-10/h3-4,6H,1,5,7H2,2H3/b8-4-. The molecule has 6 heteroatoms. The lowest BCUT2D eigenvalue weighted by Crippen LogP contribution is -2.06. The van der Waals surface area contributed by atoms with Crippen LogP contribution >= 0.6 is 11.6 Å². The van der Waals surface area contributed by atoms with E-state index in [1.165, 1.54) is 18.2 Å². The van der Waals surface area contributed by atoms with Gasteiger partial charge in [0.05, 0.1) is 0 Å². The molecule has 0 saturated carbocycles. The number of alkyl halides is 1. The van der Waals surface area contributed by atoms with Crippen molar-refractivity contribution in [3.8, 4) is 0 Å². The van der Waals surface area contributed by atoms with Crippen molar-refractivity contribution in [2.45, 2.75) is 12.8 Å². The van der Waals surface area contributed by atoms with Crippen molar-refractivity contribution in [2.24, 2.45) is 0 Å². The van der Waals surface area contributed by atoms with Gasteiger partial charge in [-0.25, -0.2) is 4.79 Å². The summed E-state index contributed by atoms with van der Waals surface area (Å²) in [5, 5.41) is 10.3. The van der Waals surface area contributed by atoms with Gasteiger partial charge < -0.3 is 4.42 Å². The van der Waals surface area contributed by atoms with E-state index in [-0.39, 0.29) is 18.2 Å². The zero-order chi connectivity index (χ0) is 13.7. The molecule has 0 fully saturated rings. The van der Waals surface area contributed by atoms with Crippen LogP contribution in [0.4, 0.5) is 0 Å². The summed E-state index contributed by atoms with van der Waals surface area (Å²) in [5.74, 6) is 0.390. The molecule has 0 aliphatic rings. The number of rotatable bonds is 5. The molecule has 0 bridgehead atoms. The van der Waals surface area contributed by atoms with Gasteiger partial charge in [-0.3, -0.25) is 10.1 Å². The van der Waals surface area contributed by atoms with Crippen LogP contribution in [-0.2, 0) is 5.88 Å². The minimum Gasteiger partial charge on any atom is -0.423 e. The van der Waals surface area contributed by atoms with Gasteiger partial charge in [-0.15, -0.1) is 11.6 Å². The van der Waals surface area contributed by atoms with Crippen molar-refractivity contribution < 1.29 is 9.34 Å². The van der Waals surface area contributed by atoms with Gasteiger partial charge in [0.15, 0.2) is 0 Å². The number of halogens is 1. The lowest BCUT2D eigenvalue weighted by molar-refractivity contribution is -0.468. The van der Waals surface area contributed by atoms with Crippen molar-refractivity contribution in [2.75, 3.05) is 6.54 Å². The Morgan fingerprint density at radius 2 is 2.33 bits per heavy atom. The maximum absolute atomic E-state index is 11.3. The van der Waals surface area contributed by atoms with Crippen molar-refractivity contribution in [1.82, 2.24) is 0 Å². The Kier molecular flexibility index (Phi) is 4.85. The van der Waals surface area contributed by atoms with E-state index in [0.717, 1.165) is 0 Å². The van der Waals surface area contributed by atoms with Crippen LogP contribution in [0.3, 0.4) is 0 Å². The van der Waals surface area contributed by atoms with E-state index in [4.69, 9.17) is 16.0 Å². The van der Waals surface area contributed by atoms with Crippen LogP contribution in [0.15, 0.2) is 27.9 Å². The summed E-state index contributed by atoms with van der Waals surface area (Å²) in [7, 11) is 0. The van der Waals surface area contributed by atoms with Crippen molar-refractivity contribution in [3.05, 3.63) is 56.1 Å². The van der Waals surface area contributed by atoms with Crippen molar-refractivity contribution in [1.29, 1.82) is 0 Å². The quantitative estimate of drug-likeness (QED) is 0.468. The first kappa shape index (κ1) is 14.2. The van der Waals surface area contributed by atoms with E-state index in [1.807, 2.05) is 0 Å². The van der Waals surface area contributed by atoms with Gasteiger partial charge in [-0.2, -0.15) is 0 Å². The Balaban J connectivity index is 3.37. The number of nitrogens with zero attached hydrogens (tertiary/aromatic N) is 1. The lowest BCUT2D eigenvalue weighted by atomic mass is 10.0. The van der Waals surface area contributed by atoms with E-state index >= 15 is 0 Å². The van der Waals surface area contributed by atoms with Gasteiger partial charge in [-0.05, 0) is 30.2 Å². The Morgan fingerprint density at radius 3 is 2.83 bits per heavy atom. The molecule has 0 saturated heterocycles. The summed E-state index contributed by atoms with van der Waals surface area (Å²) in [5.41, 5.74) is 1.26. The zero-order valence-electron chi connectivity index (χ0n) is 9.81. The summed E-state index contributed by atoms with van der Waals surface area (Å²) in [6.07, 6.45) is 2.83. The molecule has 18 heavy (non-hydrogen) atoms. The summed E-state index contributed by atoms with van der Waals surface area (Å²) in [6.45, 7) is 4.94. The third kappa shape index (κ3) is 3.30. The summed E-state index contributed by atoms with van der Waals surface area (Å²) < 4.78 is 4.99. The van der Waals surface area contributed by atoms with Crippen LogP contribution in [0, 0.1) is 10.1 Å². The molecular weight excluding hydrogens is 258 g/mol. The smallest absolute Gasteiger partial charge is 0.336 e. The fourth-order valence-electron chi connectivity index (χ4n) is 1.57. The van der Waals surface area contributed by atoms with Gasteiger partial charge in [0.2, 0.25) is 6.54 Å². The van der Waals surface area contributed by atoms with Crippen molar-refractivity contribution >= 4 is 23.3 Å². The normalized spacial score (nSPS) is 11.3. The van der Waals surface area contributed by atoms with Crippen LogP contribution in [0.25, 0.3) is 11.6 Å². The molecule has 0 spiro atoms. The second kappa shape index (κ2) is 6.16. The first-order chi connectivity index (χ1) is 8.49. The molecule has 0 aromatic carbocycles. The first-order valence-electron chi connectivity index (χ1n) is 5.14. The molecule has 96 valence electrons. The van der Waals surface area contributed by atoms with E-state index in [1.54, 1.807) is 6.92 Å². The predicted octanol–water partition coefficient (Wildman–Crippen LogP) is 2.70. The molecule has 0 amide bonds. The second-order valence-electron chi connectivity index (χ2n) is 3.57. The fraction of sp³-hybridized carbons (Fsp3) is 0.250. The van der Waals surface area contributed by atoms with Crippen LogP contribution in [-0.4, -0.2) is 11.5 Å². The molecule has 5 nitrogen and oxygen atoms in total. The molecule has 0 aliphatic carbocycles.